The molecule has 2 N–H and O–H groups in total. The lowest BCUT2D eigenvalue weighted by molar-refractivity contribution is 0.414. The summed E-state index contributed by atoms with van der Waals surface area (Å²) >= 11 is 0. The van der Waals surface area contributed by atoms with Crippen molar-refractivity contribution in [3.05, 3.63) is 29.8 Å². The summed E-state index contributed by atoms with van der Waals surface area (Å²) in [6.07, 6.45) is 2.12. The molecule has 0 aliphatic carbocycles. The Morgan fingerprint density at radius 3 is 2.41 bits per heavy atom. The number of benzene rings is 1. The molecule has 0 aliphatic heterocycles. The second-order valence-electron chi connectivity index (χ2n) is 5.68. The van der Waals surface area contributed by atoms with Crippen molar-refractivity contribution < 1.29 is 4.74 Å². The molecule has 1 aromatic carbocycles. The van der Waals surface area contributed by atoms with Crippen LogP contribution in [0.5, 0.6) is 5.75 Å². The maximum absolute atomic E-state index is 5.20. The summed E-state index contributed by atoms with van der Waals surface area (Å²) in [7, 11) is 1.69. The summed E-state index contributed by atoms with van der Waals surface area (Å²) in [4.78, 5) is 4.67. The SMILES string of the molecule is CCNC(=NCCC(C)c1ccc(OC)cc1)NC(C)CC. The molecule has 0 heterocycles. The van der Waals surface area contributed by atoms with Gasteiger partial charge in [-0.3, -0.25) is 4.99 Å². The van der Waals surface area contributed by atoms with Gasteiger partial charge in [-0.05, 0) is 50.3 Å². The number of guanidine groups is 1. The van der Waals surface area contributed by atoms with E-state index in [1.807, 2.05) is 12.1 Å². The number of aliphatic imine (C=N–C) groups is 1. The van der Waals surface area contributed by atoms with Gasteiger partial charge in [-0.2, -0.15) is 0 Å². The maximum atomic E-state index is 5.20. The third-order valence-corrected chi connectivity index (χ3v) is 3.86. The molecule has 0 bridgehead atoms. The summed E-state index contributed by atoms with van der Waals surface area (Å²) in [6, 6.07) is 8.75. The van der Waals surface area contributed by atoms with Crippen molar-refractivity contribution in [1.82, 2.24) is 10.6 Å². The largest absolute Gasteiger partial charge is 0.497 e. The average Bonchev–Trinajstić information content (AvgIpc) is 2.54. The first kappa shape index (κ1) is 18.3. The first-order valence-corrected chi connectivity index (χ1v) is 8.29. The molecule has 4 nitrogen and oxygen atoms in total. The van der Waals surface area contributed by atoms with E-state index < -0.39 is 0 Å². The van der Waals surface area contributed by atoms with Crippen molar-refractivity contribution in [1.29, 1.82) is 0 Å². The van der Waals surface area contributed by atoms with E-state index >= 15 is 0 Å². The fourth-order valence-corrected chi connectivity index (χ4v) is 2.12. The van der Waals surface area contributed by atoms with Crippen LogP contribution in [0.2, 0.25) is 0 Å². The number of rotatable bonds is 8. The van der Waals surface area contributed by atoms with Gasteiger partial charge >= 0.3 is 0 Å². The Labute approximate surface area is 135 Å². The Balaban J connectivity index is 2.52. The summed E-state index contributed by atoms with van der Waals surface area (Å²) in [5.41, 5.74) is 1.33. The van der Waals surface area contributed by atoms with Crippen molar-refractivity contribution in [3.63, 3.8) is 0 Å². The topological polar surface area (TPSA) is 45.7 Å². The zero-order valence-electron chi connectivity index (χ0n) is 14.6. The number of hydrogen-bond donors (Lipinski definition) is 2. The van der Waals surface area contributed by atoms with Crippen molar-refractivity contribution in [2.24, 2.45) is 4.99 Å². The van der Waals surface area contributed by atoms with Gasteiger partial charge in [0.05, 0.1) is 7.11 Å². The first-order valence-electron chi connectivity index (χ1n) is 8.29. The lowest BCUT2D eigenvalue weighted by atomic mass is 9.98. The zero-order chi connectivity index (χ0) is 16.4. The van der Waals surface area contributed by atoms with Gasteiger partial charge in [0.1, 0.15) is 5.75 Å². The number of nitrogens with zero attached hydrogens (tertiary/aromatic N) is 1. The zero-order valence-corrected chi connectivity index (χ0v) is 14.6. The van der Waals surface area contributed by atoms with Crippen molar-refractivity contribution in [2.75, 3.05) is 20.2 Å². The van der Waals surface area contributed by atoms with Crippen LogP contribution in [0.25, 0.3) is 0 Å². The molecule has 0 radical (unpaired) electrons. The molecule has 0 saturated carbocycles. The molecule has 0 fully saturated rings. The van der Waals surface area contributed by atoms with Crippen LogP contribution in [0, 0.1) is 0 Å². The van der Waals surface area contributed by atoms with Crippen LogP contribution in [-0.2, 0) is 0 Å². The predicted molar refractivity (Wildman–Crippen MR) is 94.9 cm³/mol. The Morgan fingerprint density at radius 1 is 1.18 bits per heavy atom. The molecular formula is C18H31N3O. The van der Waals surface area contributed by atoms with E-state index in [-0.39, 0.29) is 0 Å². The molecular weight excluding hydrogens is 274 g/mol. The number of nitrogens with one attached hydrogen (secondary N) is 2. The van der Waals surface area contributed by atoms with Crippen molar-refractivity contribution in [3.8, 4) is 5.75 Å². The Kier molecular flexibility index (Phi) is 8.41. The third-order valence-electron chi connectivity index (χ3n) is 3.86. The average molecular weight is 305 g/mol. The fourth-order valence-electron chi connectivity index (χ4n) is 2.12. The second-order valence-corrected chi connectivity index (χ2v) is 5.68. The molecule has 1 rings (SSSR count). The minimum Gasteiger partial charge on any atom is -0.497 e. The van der Waals surface area contributed by atoms with Crippen LogP contribution in [0.3, 0.4) is 0 Å². The molecule has 1 aromatic rings. The quantitative estimate of drug-likeness (QED) is 0.570. The van der Waals surface area contributed by atoms with Crippen LogP contribution in [0.4, 0.5) is 0 Å². The van der Waals surface area contributed by atoms with Gasteiger partial charge in [-0.25, -0.2) is 0 Å². The van der Waals surface area contributed by atoms with Crippen LogP contribution >= 0.6 is 0 Å². The summed E-state index contributed by atoms with van der Waals surface area (Å²) in [6.45, 7) is 10.4. The molecule has 2 atom stereocenters. The molecule has 0 spiro atoms. The standard InChI is InChI=1S/C18H31N3O/c1-6-15(4)21-18(19-7-2)20-13-12-14(3)16-8-10-17(22-5)11-9-16/h8-11,14-15H,6-7,12-13H2,1-5H3,(H2,19,20,21). The van der Waals surface area contributed by atoms with Gasteiger partial charge in [0.25, 0.3) is 0 Å². The Bertz CT molecular complexity index is 442. The third kappa shape index (κ3) is 6.37. The number of ether oxygens (including phenoxy) is 1. The van der Waals surface area contributed by atoms with Gasteiger partial charge < -0.3 is 15.4 Å². The fraction of sp³-hybridized carbons (Fsp3) is 0.611. The van der Waals surface area contributed by atoms with Crippen molar-refractivity contribution >= 4 is 5.96 Å². The van der Waals surface area contributed by atoms with E-state index in [0.717, 1.165) is 37.6 Å². The van der Waals surface area contributed by atoms with Gasteiger partial charge in [-0.15, -0.1) is 0 Å². The Hall–Kier alpha value is -1.71. The van der Waals surface area contributed by atoms with Crippen molar-refractivity contribution in [2.45, 2.75) is 52.5 Å². The van der Waals surface area contributed by atoms with E-state index in [4.69, 9.17) is 4.74 Å². The van der Waals surface area contributed by atoms with Gasteiger partial charge in [-0.1, -0.05) is 26.0 Å². The minimum atomic E-state index is 0.441. The highest BCUT2D eigenvalue weighted by molar-refractivity contribution is 5.80. The summed E-state index contributed by atoms with van der Waals surface area (Å²) < 4.78 is 5.20. The smallest absolute Gasteiger partial charge is 0.191 e. The molecule has 124 valence electrons. The highest BCUT2D eigenvalue weighted by Crippen LogP contribution is 2.21. The number of methoxy groups -OCH3 is 1. The Morgan fingerprint density at radius 2 is 1.86 bits per heavy atom. The highest BCUT2D eigenvalue weighted by Gasteiger charge is 2.06. The lowest BCUT2D eigenvalue weighted by Gasteiger charge is -2.17. The van der Waals surface area contributed by atoms with Gasteiger partial charge in [0, 0.05) is 19.1 Å². The molecule has 2 unspecified atom stereocenters. The molecule has 0 amide bonds. The molecule has 0 aliphatic rings. The van der Waals surface area contributed by atoms with E-state index in [1.54, 1.807) is 7.11 Å². The summed E-state index contributed by atoms with van der Waals surface area (Å²) in [5, 5.41) is 6.72. The molecule has 0 saturated heterocycles. The van der Waals surface area contributed by atoms with E-state index in [1.165, 1.54) is 5.56 Å². The molecule has 0 aromatic heterocycles. The van der Waals surface area contributed by atoms with Crippen LogP contribution in [0.1, 0.15) is 52.0 Å². The van der Waals surface area contributed by atoms with E-state index in [2.05, 4.69) is 55.5 Å². The first-order chi connectivity index (χ1) is 10.6. The normalized spacial score (nSPS) is 14.3. The van der Waals surface area contributed by atoms with Gasteiger partial charge in [0.15, 0.2) is 5.96 Å². The van der Waals surface area contributed by atoms with Gasteiger partial charge in [0.2, 0.25) is 0 Å². The monoisotopic (exact) mass is 305 g/mol. The van der Waals surface area contributed by atoms with E-state index in [0.29, 0.717) is 12.0 Å². The molecule has 22 heavy (non-hydrogen) atoms. The number of hydrogen-bond acceptors (Lipinski definition) is 2. The second kappa shape index (κ2) is 10.1. The summed E-state index contributed by atoms with van der Waals surface area (Å²) in [5.74, 6) is 2.31. The highest BCUT2D eigenvalue weighted by atomic mass is 16.5. The predicted octanol–water partition coefficient (Wildman–Crippen LogP) is 3.54. The van der Waals surface area contributed by atoms with Crippen LogP contribution < -0.4 is 15.4 Å². The van der Waals surface area contributed by atoms with Crippen LogP contribution in [-0.4, -0.2) is 32.2 Å². The maximum Gasteiger partial charge on any atom is 0.191 e. The minimum absolute atomic E-state index is 0.441. The lowest BCUT2D eigenvalue weighted by Crippen LogP contribution is -2.42. The van der Waals surface area contributed by atoms with E-state index in [9.17, 15) is 0 Å². The van der Waals surface area contributed by atoms with Crippen LogP contribution in [0.15, 0.2) is 29.3 Å². The molecule has 4 heteroatoms.